The smallest absolute Gasteiger partial charge is 0.337 e. The van der Waals surface area contributed by atoms with Crippen LogP contribution in [-0.2, 0) is 0 Å². The van der Waals surface area contributed by atoms with Gasteiger partial charge in [-0.1, -0.05) is 12.1 Å². The van der Waals surface area contributed by atoms with Crippen LogP contribution in [0.15, 0.2) is 42.5 Å². The minimum atomic E-state index is -1.00. The number of nitrogens with one attached hydrogen (secondary N) is 1. The Kier molecular flexibility index (Phi) is 3.19. The molecule has 0 aliphatic heterocycles. The molecule has 0 aliphatic rings. The van der Waals surface area contributed by atoms with Crippen molar-refractivity contribution in [2.24, 2.45) is 0 Å². The van der Waals surface area contributed by atoms with Gasteiger partial charge in [0, 0.05) is 11.4 Å². The molecular weight excluding hydrogens is 228 g/mol. The van der Waals surface area contributed by atoms with E-state index in [0.717, 1.165) is 11.3 Å². The Morgan fingerprint density at radius 3 is 2.67 bits per heavy atom. The van der Waals surface area contributed by atoms with Crippen LogP contribution in [-0.4, -0.2) is 11.1 Å². The lowest BCUT2D eigenvalue weighted by molar-refractivity contribution is 0.0698. The van der Waals surface area contributed by atoms with Crippen molar-refractivity contribution >= 4 is 23.0 Å². The number of benzene rings is 2. The van der Waals surface area contributed by atoms with Gasteiger partial charge in [-0.3, -0.25) is 0 Å². The number of aryl methyl sites for hydroxylation is 1. The summed E-state index contributed by atoms with van der Waals surface area (Å²) in [5.41, 5.74) is 8.67. The molecule has 4 N–H and O–H groups in total. The van der Waals surface area contributed by atoms with E-state index in [0.29, 0.717) is 11.4 Å². The Bertz CT molecular complexity index is 594. The minimum Gasteiger partial charge on any atom is -0.478 e. The van der Waals surface area contributed by atoms with Crippen LogP contribution in [0.5, 0.6) is 0 Å². The molecule has 0 heterocycles. The second-order valence-corrected chi connectivity index (χ2v) is 4.10. The molecule has 0 saturated carbocycles. The summed E-state index contributed by atoms with van der Waals surface area (Å²) in [5, 5.41) is 12.2. The summed E-state index contributed by atoms with van der Waals surface area (Å²) in [7, 11) is 0. The van der Waals surface area contributed by atoms with E-state index < -0.39 is 5.97 Å². The molecule has 0 saturated heterocycles. The van der Waals surface area contributed by atoms with Crippen molar-refractivity contribution in [1.82, 2.24) is 0 Å². The molecule has 18 heavy (non-hydrogen) atoms. The third-order valence-corrected chi connectivity index (χ3v) is 2.57. The van der Waals surface area contributed by atoms with Crippen LogP contribution < -0.4 is 11.1 Å². The van der Waals surface area contributed by atoms with E-state index in [-0.39, 0.29) is 5.56 Å². The topological polar surface area (TPSA) is 75.3 Å². The maximum absolute atomic E-state index is 11.1. The molecule has 0 spiro atoms. The summed E-state index contributed by atoms with van der Waals surface area (Å²) in [4.78, 5) is 11.1. The van der Waals surface area contributed by atoms with Crippen LogP contribution in [0.4, 0.5) is 17.1 Å². The lowest BCUT2D eigenvalue weighted by atomic mass is 10.1. The average Bonchev–Trinajstić information content (AvgIpc) is 2.31. The standard InChI is InChI=1S/C14H14N2O2/c1-9-3-2-4-11(7-9)16-13-6-5-10(15)8-12(13)14(17)18/h2-8,16H,15H2,1H3,(H,17,18). The fourth-order valence-corrected chi connectivity index (χ4v) is 1.73. The summed E-state index contributed by atoms with van der Waals surface area (Å²) in [6, 6.07) is 12.5. The number of carbonyl (C=O) groups is 1. The van der Waals surface area contributed by atoms with Gasteiger partial charge in [-0.25, -0.2) is 4.79 Å². The Morgan fingerprint density at radius 2 is 2.00 bits per heavy atom. The maximum Gasteiger partial charge on any atom is 0.337 e. The van der Waals surface area contributed by atoms with Crippen molar-refractivity contribution < 1.29 is 9.90 Å². The molecule has 4 heteroatoms. The first-order chi connectivity index (χ1) is 8.56. The second-order valence-electron chi connectivity index (χ2n) is 4.10. The number of aromatic carboxylic acids is 1. The normalized spacial score (nSPS) is 10.1. The number of rotatable bonds is 3. The van der Waals surface area contributed by atoms with E-state index in [1.165, 1.54) is 6.07 Å². The average molecular weight is 242 g/mol. The summed E-state index contributed by atoms with van der Waals surface area (Å²) < 4.78 is 0. The van der Waals surface area contributed by atoms with Crippen LogP contribution in [0.2, 0.25) is 0 Å². The lowest BCUT2D eigenvalue weighted by Crippen LogP contribution is -2.03. The van der Waals surface area contributed by atoms with E-state index in [4.69, 9.17) is 10.8 Å². The summed E-state index contributed by atoms with van der Waals surface area (Å²) in [6.45, 7) is 1.98. The van der Waals surface area contributed by atoms with Crippen molar-refractivity contribution in [1.29, 1.82) is 0 Å². The molecule has 0 aromatic heterocycles. The minimum absolute atomic E-state index is 0.163. The van der Waals surface area contributed by atoms with Crippen molar-refractivity contribution in [3.8, 4) is 0 Å². The Morgan fingerprint density at radius 1 is 1.22 bits per heavy atom. The van der Waals surface area contributed by atoms with Gasteiger partial charge in [0.2, 0.25) is 0 Å². The van der Waals surface area contributed by atoms with E-state index in [2.05, 4.69) is 5.32 Å². The molecule has 0 amide bonds. The van der Waals surface area contributed by atoms with Gasteiger partial charge in [0.1, 0.15) is 0 Å². The zero-order valence-electron chi connectivity index (χ0n) is 9.97. The number of hydrogen-bond donors (Lipinski definition) is 3. The van der Waals surface area contributed by atoms with Crippen LogP contribution in [0.25, 0.3) is 0 Å². The monoisotopic (exact) mass is 242 g/mol. The van der Waals surface area contributed by atoms with Crippen molar-refractivity contribution in [3.05, 3.63) is 53.6 Å². The number of hydrogen-bond acceptors (Lipinski definition) is 3. The summed E-state index contributed by atoms with van der Waals surface area (Å²) in [6.07, 6.45) is 0. The highest BCUT2D eigenvalue weighted by atomic mass is 16.4. The molecule has 0 fully saturated rings. The van der Waals surface area contributed by atoms with Gasteiger partial charge in [0.15, 0.2) is 0 Å². The van der Waals surface area contributed by atoms with Gasteiger partial charge in [0.25, 0.3) is 0 Å². The van der Waals surface area contributed by atoms with E-state index in [9.17, 15) is 4.79 Å². The summed E-state index contributed by atoms with van der Waals surface area (Å²) in [5.74, 6) is -1.00. The largest absolute Gasteiger partial charge is 0.478 e. The van der Waals surface area contributed by atoms with Crippen LogP contribution in [0.3, 0.4) is 0 Å². The van der Waals surface area contributed by atoms with E-state index >= 15 is 0 Å². The zero-order chi connectivity index (χ0) is 13.1. The van der Waals surface area contributed by atoms with Gasteiger partial charge in [0.05, 0.1) is 11.3 Å². The van der Waals surface area contributed by atoms with Gasteiger partial charge < -0.3 is 16.2 Å². The van der Waals surface area contributed by atoms with Gasteiger partial charge >= 0.3 is 5.97 Å². The third-order valence-electron chi connectivity index (χ3n) is 2.57. The SMILES string of the molecule is Cc1cccc(Nc2ccc(N)cc2C(=O)O)c1. The first-order valence-electron chi connectivity index (χ1n) is 5.53. The molecule has 2 aromatic rings. The first-order valence-corrected chi connectivity index (χ1v) is 5.53. The predicted octanol–water partition coefficient (Wildman–Crippen LogP) is 3.02. The highest BCUT2D eigenvalue weighted by Crippen LogP contribution is 2.23. The van der Waals surface area contributed by atoms with Gasteiger partial charge in [-0.2, -0.15) is 0 Å². The van der Waals surface area contributed by atoms with Crippen molar-refractivity contribution in [2.45, 2.75) is 6.92 Å². The highest BCUT2D eigenvalue weighted by molar-refractivity contribution is 5.96. The van der Waals surface area contributed by atoms with Crippen molar-refractivity contribution in [2.75, 3.05) is 11.1 Å². The Labute approximate surface area is 105 Å². The van der Waals surface area contributed by atoms with Gasteiger partial charge in [-0.05, 0) is 42.8 Å². The van der Waals surface area contributed by atoms with E-state index in [1.807, 2.05) is 31.2 Å². The van der Waals surface area contributed by atoms with Crippen molar-refractivity contribution in [3.63, 3.8) is 0 Å². The fraction of sp³-hybridized carbons (Fsp3) is 0.0714. The molecule has 0 bridgehead atoms. The number of anilines is 3. The zero-order valence-corrected chi connectivity index (χ0v) is 9.97. The third kappa shape index (κ3) is 2.60. The predicted molar refractivity (Wildman–Crippen MR) is 72.3 cm³/mol. The second kappa shape index (κ2) is 4.79. The lowest BCUT2D eigenvalue weighted by Gasteiger charge is -2.10. The van der Waals surface area contributed by atoms with E-state index in [1.54, 1.807) is 12.1 Å². The molecule has 0 unspecified atom stereocenters. The van der Waals surface area contributed by atoms with Crippen LogP contribution >= 0.6 is 0 Å². The fourth-order valence-electron chi connectivity index (χ4n) is 1.73. The number of carboxylic acids is 1. The molecule has 2 aromatic carbocycles. The molecule has 0 radical (unpaired) electrons. The maximum atomic E-state index is 11.1. The summed E-state index contributed by atoms with van der Waals surface area (Å²) >= 11 is 0. The molecule has 0 aliphatic carbocycles. The Balaban J connectivity index is 2.37. The Hall–Kier alpha value is -2.49. The first kappa shape index (κ1) is 12.0. The van der Waals surface area contributed by atoms with Crippen LogP contribution in [0.1, 0.15) is 15.9 Å². The number of nitrogen functional groups attached to an aromatic ring is 1. The quantitative estimate of drug-likeness (QED) is 0.723. The molecule has 0 atom stereocenters. The molecule has 92 valence electrons. The number of nitrogens with two attached hydrogens (primary N) is 1. The number of carboxylic acid groups (broad SMARTS) is 1. The molecular formula is C14H14N2O2. The molecule has 4 nitrogen and oxygen atoms in total. The van der Waals surface area contributed by atoms with Crippen LogP contribution in [0, 0.1) is 6.92 Å². The van der Waals surface area contributed by atoms with Gasteiger partial charge in [-0.15, -0.1) is 0 Å². The molecule has 2 rings (SSSR count). The highest BCUT2D eigenvalue weighted by Gasteiger charge is 2.10.